The van der Waals surface area contributed by atoms with Crippen molar-refractivity contribution in [3.8, 4) is 0 Å². The zero-order valence-electron chi connectivity index (χ0n) is 13.6. The number of ether oxygens (including phenoxy) is 1. The van der Waals surface area contributed by atoms with Crippen LogP contribution in [0.5, 0.6) is 0 Å². The standard InChI is InChI=1S/C18H15BrClFN2O3/c19-12-2-1-11(14(20)6-12)5-16-13(18(25)9-26-4-3-24)7-15(21)17-8-22-10-23(16)17/h1-2,6-8,10,24H,3-5,9H2. The molecule has 2 aromatic heterocycles. The fourth-order valence-electron chi connectivity index (χ4n) is 2.68. The number of halogens is 3. The molecule has 0 fully saturated rings. The van der Waals surface area contributed by atoms with E-state index in [1.165, 1.54) is 18.6 Å². The maximum absolute atomic E-state index is 14.4. The van der Waals surface area contributed by atoms with Crippen molar-refractivity contribution in [1.82, 2.24) is 9.38 Å². The Bertz CT molecular complexity index is 961. The van der Waals surface area contributed by atoms with Gasteiger partial charge in [0.25, 0.3) is 0 Å². The number of imidazole rings is 1. The lowest BCUT2D eigenvalue weighted by Crippen LogP contribution is -2.16. The maximum Gasteiger partial charge on any atom is 0.190 e. The van der Waals surface area contributed by atoms with Crippen LogP contribution >= 0.6 is 27.5 Å². The summed E-state index contributed by atoms with van der Waals surface area (Å²) in [6.45, 7) is -0.403. The largest absolute Gasteiger partial charge is 0.394 e. The fourth-order valence-corrected chi connectivity index (χ4v) is 3.42. The smallest absolute Gasteiger partial charge is 0.190 e. The Morgan fingerprint density at radius 3 is 2.92 bits per heavy atom. The van der Waals surface area contributed by atoms with Gasteiger partial charge < -0.3 is 9.84 Å². The van der Waals surface area contributed by atoms with Gasteiger partial charge >= 0.3 is 0 Å². The Hall–Kier alpha value is -1.80. The first-order valence-corrected chi connectivity index (χ1v) is 8.97. The number of hydrogen-bond donors (Lipinski definition) is 1. The summed E-state index contributed by atoms with van der Waals surface area (Å²) in [4.78, 5) is 16.5. The molecule has 0 spiro atoms. The molecule has 136 valence electrons. The van der Waals surface area contributed by atoms with Gasteiger partial charge in [0.15, 0.2) is 5.78 Å². The molecule has 3 aromatic rings. The molecule has 3 rings (SSSR count). The minimum atomic E-state index is -0.543. The molecule has 0 aliphatic carbocycles. The molecule has 0 aliphatic heterocycles. The van der Waals surface area contributed by atoms with Gasteiger partial charge in [-0.1, -0.05) is 33.6 Å². The van der Waals surface area contributed by atoms with Gasteiger partial charge in [-0.15, -0.1) is 0 Å². The van der Waals surface area contributed by atoms with Crippen LogP contribution in [0.15, 0.2) is 41.3 Å². The molecule has 0 amide bonds. The molecular weight excluding hydrogens is 427 g/mol. The molecule has 2 heterocycles. The Morgan fingerprint density at radius 1 is 1.38 bits per heavy atom. The number of carbonyl (C=O) groups is 1. The van der Waals surface area contributed by atoms with Crippen molar-refractivity contribution in [2.45, 2.75) is 6.42 Å². The molecule has 26 heavy (non-hydrogen) atoms. The number of fused-ring (bicyclic) bond motifs is 1. The van der Waals surface area contributed by atoms with Gasteiger partial charge in [-0.2, -0.15) is 0 Å². The molecule has 0 radical (unpaired) electrons. The van der Waals surface area contributed by atoms with Crippen molar-refractivity contribution < 1.29 is 19.0 Å². The van der Waals surface area contributed by atoms with Gasteiger partial charge in [-0.25, -0.2) is 9.37 Å². The van der Waals surface area contributed by atoms with E-state index in [9.17, 15) is 9.18 Å². The Labute approximate surface area is 162 Å². The van der Waals surface area contributed by atoms with Crippen LogP contribution in [0.25, 0.3) is 5.52 Å². The highest BCUT2D eigenvalue weighted by atomic mass is 79.9. The summed E-state index contributed by atoms with van der Waals surface area (Å²) >= 11 is 9.66. The van der Waals surface area contributed by atoms with E-state index < -0.39 is 5.82 Å². The van der Waals surface area contributed by atoms with E-state index in [1.807, 2.05) is 12.1 Å². The second-order valence-corrected chi connectivity index (χ2v) is 6.94. The summed E-state index contributed by atoms with van der Waals surface area (Å²) in [6, 6.07) is 6.65. The number of carbonyl (C=O) groups excluding carboxylic acids is 1. The average Bonchev–Trinajstić information content (AvgIpc) is 3.09. The van der Waals surface area contributed by atoms with Crippen molar-refractivity contribution in [3.63, 3.8) is 0 Å². The zero-order chi connectivity index (χ0) is 18.7. The number of aromatic nitrogens is 2. The molecule has 1 aromatic carbocycles. The van der Waals surface area contributed by atoms with Crippen molar-refractivity contribution in [1.29, 1.82) is 0 Å². The van der Waals surface area contributed by atoms with E-state index in [2.05, 4.69) is 20.9 Å². The summed E-state index contributed by atoms with van der Waals surface area (Å²) in [7, 11) is 0. The molecule has 0 bridgehead atoms. The topological polar surface area (TPSA) is 63.8 Å². The average molecular weight is 442 g/mol. The lowest BCUT2D eigenvalue weighted by atomic mass is 10.0. The third-order valence-corrected chi connectivity index (χ3v) is 4.74. The van der Waals surface area contributed by atoms with Crippen LogP contribution in [0, 0.1) is 5.82 Å². The molecule has 1 N–H and O–H groups in total. The number of benzene rings is 1. The minimum absolute atomic E-state index is 0.0371. The molecule has 8 heteroatoms. The van der Waals surface area contributed by atoms with Crippen LogP contribution in [-0.2, 0) is 11.2 Å². The zero-order valence-corrected chi connectivity index (χ0v) is 15.9. The number of hydrogen-bond acceptors (Lipinski definition) is 4. The van der Waals surface area contributed by atoms with Gasteiger partial charge in [0.2, 0.25) is 0 Å². The van der Waals surface area contributed by atoms with Crippen LogP contribution in [0.4, 0.5) is 4.39 Å². The van der Waals surface area contributed by atoms with Crippen molar-refractivity contribution in [2.75, 3.05) is 19.8 Å². The third kappa shape index (κ3) is 3.96. The molecule has 0 saturated carbocycles. The quantitative estimate of drug-likeness (QED) is 0.449. The van der Waals surface area contributed by atoms with Gasteiger partial charge in [0.05, 0.1) is 25.7 Å². The minimum Gasteiger partial charge on any atom is -0.394 e. The van der Waals surface area contributed by atoms with Crippen LogP contribution < -0.4 is 0 Å². The highest BCUT2D eigenvalue weighted by Gasteiger charge is 2.19. The summed E-state index contributed by atoms with van der Waals surface area (Å²) < 4.78 is 21.8. The van der Waals surface area contributed by atoms with Gasteiger partial charge in [-0.3, -0.25) is 9.20 Å². The summed E-state index contributed by atoms with van der Waals surface area (Å²) in [5.74, 6) is -0.921. The normalized spacial score (nSPS) is 11.2. The number of aliphatic hydroxyl groups excluding tert-OH is 1. The number of nitrogens with zero attached hydrogens (tertiary/aromatic N) is 2. The molecule has 0 saturated heterocycles. The summed E-state index contributed by atoms with van der Waals surface area (Å²) in [5, 5.41) is 9.32. The van der Waals surface area contributed by atoms with Crippen LogP contribution in [-0.4, -0.2) is 40.1 Å². The number of pyridine rings is 1. The predicted octanol–water partition coefficient (Wildman–Crippen LogP) is 3.67. The van der Waals surface area contributed by atoms with Crippen molar-refractivity contribution >= 4 is 38.8 Å². The SMILES string of the molecule is O=C(COCCO)c1cc(F)c2cncn2c1Cc1ccc(Br)cc1Cl. The molecule has 0 unspecified atom stereocenters. The molecule has 5 nitrogen and oxygen atoms in total. The Balaban J connectivity index is 2.06. The summed E-state index contributed by atoms with van der Waals surface area (Å²) in [5.41, 5.74) is 1.84. The Morgan fingerprint density at radius 2 is 2.19 bits per heavy atom. The lowest BCUT2D eigenvalue weighted by molar-refractivity contribution is 0.0662. The number of rotatable bonds is 7. The molecule has 0 atom stereocenters. The van der Waals surface area contributed by atoms with Crippen LogP contribution in [0.3, 0.4) is 0 Å². The van der Waals surface area contributed by atoms with E-state index in [-0.39, 0.29) is 36.7 Å². The molecule has 0 aliphatic rings. The van der Waals surface area contributed by atoms with Gasteiger partial charge in [0.1, 0.15) is 17.9 Å². The number of Topliss-reactive ketones (excluding diaryl/α,β-unsaturated/α-hetero) is 1. The predicted molar refractivity (Wildman–Crippen MR) is 99.3 cm³/mol. The van der Waals surface area contributed by atoms with E-state index >= 15 is 0 Å². The Kier molecular flexibility index (Phi) is 6.03. The van der Waals surface area contributed by atoms with E-state index in [0.29, 0.717) is 17.1 Å². The lowest BCUT2D eigenvalue weighted by Gasteiger charge is -2.14. The van der Waals surface area contributed by atoms with Crippen LogP contribution in [0.2, 0.25) is 5.02 Å². The van der Waals surface area contributed by atoms with E-state index in [0.717, 1.165) is 10.0 Å². The van der Waals surface area contributed by atoms with Crippen molar-refractivity contribution in [3.05, 3.63) is 68.9 Å². The highest BCUT2D eigenvalue weighted by Crippen LogP contribution is 2.26. The van der Waals surface area contributed by atoms with Gasteiger partial charge in [-0.05, 0) is 23.8 Å². The number of ketones is 1. The van der Waals surface area contributed by atoms with E-state index in [4.69, 9.17) is 21.4 Å². The maximum atomic E-state index is 14.4. The van der Waals surface area contributed by atoms with Crippen LogP contribution in [0.1, 0.15) is 21.6 Å². The first-order valence-electron chi connectivity index (χ1n) is 7.80. The first-order chi connectivity index (χ1) is 12.5. The third-order valence-electron chi connectivity index (χ3n) is 3.90. The van der Waals surface area contributed by atoms with Crippen molar-refractivity contribution in [2.24, 2.45) is 0 Å². The first kappa shape index (κ1) is 19.0. The summed E-state index contributed by atoms with van der Waals surface area (Å²) in [6.07, 6.45) is 3.19. The monoisotopic (exact) mass is 440 g/mol. The van der Waals surface area contributed by atoms with E-state index in [1.54, 1.807) is 10.5 Å². The second kappa shape index (κ2) is 8.26. The number of aliphatic hydroxyl groups is 1. The second-order valence-electron chi connectivity index (χ2n) is 5.61. The highest BCUT2D eigenvalue weighted by molar-refractivity contribution is 9.10. The van der Waals surface area contributed by atoms with Gasteiger partial charge in [0, 0.05) is 27.2 Å². The molecular formula is C18H15BrClFN2O3. The fraction of sp³-hybridized carbons (Fsp3) is 0.222.